The van der Waals surface area contributed by atoms with Gasteiger partial charge >= 0.3 is 0 Å². The summed E-state index contributed by atoms with van der Waals surface area (Å²) in [6, 6.07) is 4.97. The topological polar surface area (TPSA) is 24.9 Å². The van der Waals surface area contributed by atoms with E-state index in [1.165, 1.54) is 27.8 Å². The summed E-state index contributed by atoms with van der Waals surface area (Å²) in [4.78, 5) is 5.61. The van der Waals surface area contributed by atoms with Crippen LogP contribution in [0.1, 0.15) is 23.8 Å². The van der Waals surface area contributed by atoms with Crippen molar-refractivity contribution in [3.05, 3.63) is 29.4 Å². The van der Waals surface area contributed by atoms with Gasteiger partial charge in [0.05, 0.1) is 4.70 Å². The molecule has 1 unspecified atom stereocenters. The Morgan fingerprint density at radius 1 is 1.50 bits per heavy atom. The van der Waals surface area contributed by atoms with Gasteiger partial charge in [-0.1, -0.05) is 0 Å². The molecule has 2 aromatic heterocycles. The molecule has 1 fully saturated rings. The lowest BCUT2D eigenvalue weighted by Gasteiger charge is -2.05. The van der Waals surface area contributed by atoms with Crippen LogP contribution in [0.3, 0.4) is 0 Å². The minimum Gasteiger partial charge on any atom is -0.309 e. The van der Waals surface area contributed by atoms with Gasteiger partial charge in [0, 0.05) is 23.3 Å². The van der Waals surface area contributed by atoms with Crippen LogP contribution in [-0.2, 0) is 0 Å². The summed E-state index contributed by atoms with van der Waals surface area (Å²) in [5.74, 6) is 0. The molecule has 1 atom stereocenters. The molecule has 0 spiro atoms. The third kappa shape index (κ3) is 1.33. The van der Waals surface area contributed by atoms with Gasteiger partial charge in [-0.2, -0.15) is 0 Å². The quantitative estimate of drug-likeness (QED) is 0.772. The SMILES string of the molecule is c1cc2cc(C3CCCN3)sc2cn1. The van der Waals surface area contributed by atoms with Crippen molar-refractivity contribution in [1.29, 1.82) is 0 Å². The van der Waals surface area contributed by atoms with E-state index in [4.69, 9.17) is 0 Å². The molecule has 1 saturated heterocycles. The molecular formula is C11H12N2S. The monoisotopic (exact) mass is 204 g/mol. The zero-order valence-electron chi connectivity index (χ0n) is 7.86. The summed E-state index contributed by atoms with van der Waals surface area (Å²) in [5, 5.41) is 4.85. The van der Waals surface area contributed by atoms with Gasteiger partial charge in [0.15, 0.2) is 0 Å². The third-order valence-corrected chi connectivity index (χ3v) is 3.94. The van der Waals surface area contributed by atoms with Crippen molar-refractivity contribution < 1.29 is 0 Å². The Labute approximate surface area is 87.0 Å². The predicted molar refractivity (Wildman–Crippen MR) is 59.6 cm³/mol. The van der Waals surface area contributed by atoms with Crippen molar-refractivity contribution in [1.82, 2.24) is 10.3 Å². The molecule has 0 bridgehead atoms. The summed E-state index contributed by atoms with van der Waals surface area (Å²) in [6.45, 7) is 1.16. The zero-order chi connectivity index (χ0) is 9.38. The van der Waals surface area contributed by atoms with Crippen molar-refractivity contribution in [3.8, 4) is 0 Å². The molecule has 0 amide bonds. The van der Waals surface area contributed by atoms with E-state index >= 15 is 0 Å². The van der Waals surface area contributed by atoms with Gasteiger partial charge in [-0.3, -0.25) is 4.98 Å². The standard InChI is InChI=1S/C11H12N2S/c1-2-9(13-4-1)10-6-8-3-5-12-7-11(8)14-10/h3,5-7,9,13H,1-2,4H2. The van der Waals surface area contributed by atoms with Crippen LogP contribution in [-0.4, -0.2) is 11.5 Å². The lowest BCUT2D eigenvalue weighted by Crippen LogP contribution is -2.11. The van der Waals surface area contributed by atoms with E-state index in [1.54, 1.807) is 0 Å². The average molecular weight is 204 g/mol. The van der Waals surface area contributed by atoms with E-state index in [-0.39, 0.29) is 0 Å². The fourth-order valence-electron chi connectivity index (χ4n) is 2.00. The molecule has 3 heteroatoms. The molecule has 2 nitrogen and oxygen atoms in total. The first-order valence-corrected chi connectivity index (χ1v) is 5.82. The number of hydrogen-bond donors (Lipinski definition) is 1. The molecule has 0 saturated carbocycles. The van der Waals surface area contributed by atoms with Gasteiger partial charge in [0.25, 0.3) is 0 Å². The molecule has 14 heavy (non-hydrogen) atoms. The van der Waals surface area contributed by atoms with Gasteiger partial charge in [-0.25, -0.2) is 0 Å². The number of nitrogens with zero attached hydrogens (tertiary/aromatic N) is 1. The first kappa shape index (κ1) is 8.38. The van der Waals surface area contributed by atoms with Gasteiger partial charge in [-0.05, 0) is 36.9 Å². The Kier molecular flexibility index (Phi) is 2.00. The highest BCUT2D eigenvalue weighted by Crippen LogP contribution is 2.32. The molecule has 2 aromatic rings. The van der Waals surface area contributed by atoms with Gasteiger partial charge < -0.3 is 5.32 Å². The fraction of sp³-hybridized carbons (Fsp3) is 0.364. The minimum absolute atomic E-state index is 0.590. The second-order valence-corrected chi connectivity index (χ2v) is 4.83. The minimum atomic E-state index is 0.590. The highest BCUT2D eigenvalue weighted by Gasteiger charge is 2.17. The maximum atomic E-state index is 4.14. The van der Waals surface area contributed by atoms with Crippen LogP contribution < -0.4 is 5.32 Å². The van der Waals surface area contributed by atoms with E-state index in [0.717, 1.165) is 6.54 Å². The van der Waals surface area contributed by atoms with Crippen LogP contribution >= 0.6 is 11.3 Å². The molecule has 3 heterocycles. The maximum Gasteiger partial charge on any atom is 0.0529 e. The van der Waals surface area contributed by atoms with Crippen LogP contribution in [0.5, 0.6) is 0 Å². The van der Waals surface area contributed by atoms with Crippen molar-refractivity contribution in [2.75, 3.05) is 6.54 Å². The summed E-state index contributed by atoms with van der Waals surface area (Å²) in [7, 11) is 0. The number of nitrogens with one attached hydrogen (secondary N) is 1. The van der Waals surface area contributed by atoms with E-state index in [9.17, 15) is 0 Å². The Balaban J connectivity index is 2.05. The summed E-state index contributed by atoms with van der Waals surface area (Å²) < 4.78 is 1.30. The lowest BCUT2D eigenvalue weighted by molar-refractivity contribution is 0.660. The first-order valence-electron chi connectivity index (χ1n) is 5.00. The normalized spacial score (nSPS) is 21.9. The number of rotatable bonds is 1. The largest absolute Gasteiger partial charge is 0.309 e. The van der Waals surface area contributed by atoms with Crippen LogP contribution in [0.4, 0.5) is 0 Å². The molecule has 1 aliphatic heterocycles. The van der Waals surface area contributed by atoms with Gasteiger partial charge in [0.1, 0.15) is 0 Å². The fourth-order valence-corrected chi connectivity index (χ4v) is 3.15. The Morgan fingerprint density at radius 2 is 2.50 bits per heavy atom. The van der Waals surface area contributed by atoms with E-state index in [0.29, 0.717) is 6.04 Å². The van der Waals surface area contributed by atoms with Gasteiger partial charge in [-0.15, -0.1) is 11.3 Å². The number of hydrogen-bond acceptors (Lipinski definition) is 3. The molecule has 3 rings (SSSR count). The molecule has 0 radical (unpaired) electrons. The number of fused-ring (bicyclic) bond motifs is 1. The van der Waals surface area contributed by atoms with Crippen LogP contribution in [0.25, 0.3) is 10.1 Å². The summed E-state index contributed by atoms with van der Waals surface area (Å²) in [5.41, 5.74) is 0. The number of pyridine rings is 1. The Morgan fingerprint density at radius 3 is 3.29 bits per heavy atom. The van der Waals surface area contributed by atoms with Crippen molar-refractivity contribution in [2.45, 2.75) is 18.9 Å². The smallest absolute Gasteiger partial charge is 0.0529 e. The molecule has 1 N–H and O–H groups in total. The highest BCUT2D eigenvalue weighted by atomic mass is 32.1. The highest BCUT2D eigenvalue weighted by molar-refractivity contribution is 7.19. The Bertz CT molecular complexity index is 410. The van der Waals surface area contributed by atoms with Crippen molar-refractivity contribution >= 4 is 21.4 Å². The zero-order valence-corrected chi connectivity index (χ0v) is 8.68. The number of aromatic nitrogens is 1. The van der Waals surface area contributed by atoms with Crippen LogP contribution in [0, 0.1) is 0 Å². The van der Waals surface area contributed by atoms with E-state index in [2.05, 4.69) is 22.4 Å². The summed E-state index contributed by atoms with van der Waals surface area (Å²) in [6.07, 6.45) is 6.40. The number of thiophene rings is 1. The van der Waals surface area contributed by atoms with Crippen molar-refractivity contribution in [3.63, 3.8) is 0 Å². The second kappa shape index (κ2) is 3.33. The maximum absolute atomic E-state index is 4.14. The predicted octanol–water partition coefficient (Wildman–Crippen LogP) is 2.72. The third-order valence-electron chi connectivity index (χ3n) is 2.75. The van der Waals surface area contributed by atoms with Crippen molar-refractivity contribution in [2.24, 2.45) is 0 Å². The first-order chi connectivity index (χ1) is 6.93. The second-order valence-electron chi connectivity index (χ2n) is 3.71. The van der Waals surface area contributed by atoms with Crippen LogP contribution in [0.15, 0.2) is 24.5 Å². The van der Waals surface area contributed by atoms with Crippen LogP contribution in [0.2, 0.25) is 0 Å². The molecule has 0 aromatic carbocycles. The molecular weight excluding hydrogens is 192 g/mol. The molecule has 72 valence electrons. The molecule has 0 aliphatic carbocycles. The lowest BCUT2D eigenvalue weighted by atomic mass is 10.2. The average Bonchev–Trinajstić information content (AvgIpc) is 2.86. The van der Waals surface area contributed by atoms with E-state index in [1.807, 2.05) is 23.7 Å². The summed E-state index contributed by atoms with van der Waals surface area (Å²) >= 11 is 1.87. The molecule has 1 aliphatic rings. The van der Waals surface area contributed by atoms with E-state index < -0.39 is 0 Å². The Hall–Kier alpha value is -0.930. The van der Waals surface area contributed by atoms with Gasteiger partial charge in [0.2, 0.25) is 0 Å².